The summed E-state index contributed by atoms with van der Waals surface area (Å²) in [6, 6.07) is 0.895. The van der Waals surface area contributed by atoms with Crippen molar-refractivity contribution in [2.75, 3.05) is 0 Å². The fourth-order valence-corrected chi connectivity index (χ4v) is 1.48. The van der Waals surface area contributed by atoms with Crippen molar-refractivity contribution in [3.05, 3.63) is 27.7 Å². The Morgan fingerprint density at radius 2 is 2.14 bits per heavy atom. The van der Waals surface area contributed by atoms with Gasteiger partial charge in [0.1, 0.15) is 5.56 Å². The van der Waals surface area contributed by atoms with Crippen LogP contribution in [0.3, 0.4) is 0 Å². The van der Waals surface area contributed by atoms with Gasteiger partial charge < -0.3 is 14.6 Å². The molecule has 0 fully saturated rings. The highest BCUT2D eigenvalue weighted by molar-refractivity contribution is 7.79. The van der Waals surface area contributed by atoms with E-state index in [1.807, 2.05) is 0 Å². The number of nitrogens with one attached hydrogen (secondary N) is 1. The van der Waals surface area contributed by atoms with Gasteiger partial charge in [-0.3, -0.25) is 4.79 Å². The Balaban J connectivity index is 3.50. The third-order valence-corrected chi connectivity index (χ3v) is 2.41. The number of carboxylic acid groups (broad SMARTS) is 1. The van der Waals surface area contributed by atoms with Gasteiger partial charge in [0.2, 0.25) is 0 Å². The minimum absolute atomic E-state index is 0.109. The van der Waals surface area contributed by atoms with Gasteiger partial charge in [0.15, 0.2) is 11.1 Å². The molecule has 1 aromatic heterocycles. The molecule has 0 aliphatic carbocycles. The number of pyridine rings is 1. The lowest BCUT2D eigenvalue weighted by atomic mass is 10.2. The monoisotopic (exact) mass is 217 g/mol. The third kappa shape index (κ3) is 1.88. The molecule has 76 valence electrons. The van der Waals surface area contributed by atoms with E-state index in [1.165, 1.54) is 6.92 Å². The van der Waals surface area contributed by atoms with Gasteiger partial charge in [-0.05, 0) is 13.0 Å². The van der Waals surface area contributed by atoms with E-state index in [1.54, 1.807) is 0 Å². The maximum Gasteiger partial charge on any atom is 0.341 e. The number of aromatic amines is 1. The van der Waals surface area contributed by atoms with Crippen molar-refractivity contribution in [3.8, 4) is 0 Å². The SMILES string of the molecule is Cc1[nH]c(=O)c(C(=O)O)cc1S(=O)O. The van der Waals surface area contributed by atoms with Gasteiger partial charge in [-0.25, -0.2) is 9.00 Å². The molecule has 0 aliphatic rings. The first-order valence-corrected chi connectivity index (χ1v) is 4.62. The fourth-order valence-electron chi connectivity index (χ4n) is 0.944. The molecule has 0 aliphatic heterocycles. The summed E-state index contributed by atoms with van der Waals surface area (Å²) in [7, 11) is 0. The van der Waals surface area contributed by atoms with Crippen LogP contribution in [0.2, 0.25) is 0 Å². The van der Waals surface area contributed by atoms with E-state index in [2.05, 4.69) is 4.98 Å². The lowest BCUT2D eigenvalue weighted by Gasteiger charge is -2.01. The molecule has 0 saturated carbocycles. The molecule has 0 bridgehead atoms. The Morgan fingerprint density at radius 1 is 1.57 bits per heavy atom. The van der Waals surface area contributed by atoms with Crippen LogP contribution < -0.4 is 5.56 Å². The van der Waals surface area contributed by atoms with Crippen molar-refractivity contribution < 1.29 is 18.7 Å². The fraction of sp³-hybridized carbons (Fsp3) is 0.143. The van der Waals surface area contributed by atoms with Crippen molar-refractivity contribution >= 4 is 17.0 Å². The van der Waals surface area contributed by atoms with E-state index in [4.69, 9.17) is 9.66 Å². The molecule has 1 atom stereocenters. The Labute approximate surface area is 80.9 Å². The Hall–Kier alpha value is -1.47. The van der Waals surface area contributed by atoms with E-state index in [9.17, 15) is 13.8 Å². The molecule has 0 saturated heterocycles. The van der Waals surface area contributed by atoms with Crippen LogP contribution in [0.25, 0.3) is 0 Å². The highest BCUT2D eigenvalue weighted by Crippen LogP contribution is 2.08. The molecule has 6 nitrogen and oxygen atoms in total. The number of hydrogen-bond donors (Lipinski definition) is 3. The minimum Gasteiger partial charge on any atom is -0.477 e. The van der Waals surface area contributed by atoms with Gasteiger partial charge in [0.05, 0.1) is 4.90 Å². The summed E-state index contributed by atoms with van der Waals surface area (Å²) in [5.74, 6) is -1.43. The zero-order chi connectivity index (χ0) is 10.9. The molecule has 0 aromatic carbocycles. The predicted octanol–water partition coefficient (Wildman–Crippen LogP) is -0.0379. The number of rotatable bonds is 2. The largest absolute Gasteiger partial charge is 0.477 e. The smallest absolute Gasteiger partial charge is 0.341 e. The van der Waals surface area contributed by atoms with Crippen LogP contribution in [0.1, 0.15) is 16.1 Å². The van der Waals surface area contributed by atoms with Crippen molar-refractivity contribution in [3.63, 3.8) is 0 Å². The van der Waals surface area contributed by atoms with Crippen molar-refractivity contribution in [1.29, 1.82) is 0 Å². The lowest BCUT2D eigenvalue weighted by Crippen LogP contribution is -2.19. The van der Waals surface area contributed by atoms with Crippen LogP contribution in [0.4, 0.5) is 0 Å². The molecule has 1 unspecified atom stereocenters. The van der Waals surface area contributed by atoms with Gasteiger partial charge in [-0.1, -0.05) is 0 Å². The molecule has 0 spiro atoms. The van der Waals surface area contributed by atoms with E-state index in [0.717, 1.165) is 6.07 Å². The normalized spacial score (nSPS) is 12.4. The van der Waals surface area contributed by atoms with Crippen LogP contribution >= 0.6 is 0 Å². The van der Waals surface area contributed by atoms with Gasteiger partial charge in [0, 0.05) is 5.69 Å². The average Bonchev–Trinajstić information content (AvgIpc) is 2.02. The van der Waals surface area contributed by atoms with Gasteiger partial charge in [0.25, 0.3) is 5.56 Å². The number of aromatic carboxylic acids is 1. The second-order valence-electron chi connectivity index (χ2n) is 2.56. The summed E-state index contributed by atoms with van der Waals surface area (Å²) < 4.78 is 19.5. The standard InChI is InChI=1S/C7H7NO5S/c1-3-5(14(12)13)2-4(7(10)11)6(9)8-3/h2H,1H3,(H,8,9)(H,10,11)(H,12,13). The third-order valence-electron chi connectivity index (χ3n) is 1.61. The molecule has 0 radical (unpaired) electrons. The predicted molar refractivity (Wildman–Crippen MR) is 47.8 cm³/mol. The maximum atomic E-state index is 11.0. The summed E-state index contributed by atoms with van der Waals surface area (Å²) in [4.78, 5) is 23.6. The molecule has 1 aromatic rings. The van der Waals surface area contributed by atoms with Gasteiger partial charge >= 0.3 is 5.97 Å². The summed E-state index contributed by atoms with van der Waals surface area (Å²) in [6.45, 7) is 1.41. The summed E-state index contributed by atoms with van der Waals surface area (Å²) in [5.41, 5.74) is -1.15. The summed E-state index contributed by atoms with van der Waals surface area (Å²) in [5, 5.41) is 8.56. The molecule has 1 rings (SSSR count). The van der Waals surface area contributed by atoms with Crippen LogP contribution in [0, 0.1) is 6.92 Å². The highest BCUT2D eigenvalue weighted by atomic mass is 32.2. The number of carbonyl (C=O) groups is 1. The van der Waals surface area contributed by atoms with E-state index in [0.29, 0.717) is 0 Å². The molecular weight excluding hydrogens is 210 g/mol. The number of hydrogen-bond acceptors (Lipinski definition) is 3. The van der Waals surface area contributed by atoms with E-state index >= 15 is 0 Å². The van der Waals surface area contributed by atoms with Crippen LogP contribution in [0.15, 0.2) is 15.8 Å². The molecular formula is C7H7NO5S. The second-order valence-corrected chi connectivity index (χ2v) is 3.49. The zero-order valence-electron chi connectivity index (χ0n) is 7.10. The number of carboxylic acids is 1. The van der Waals surface area contributed by atoms with Crippen molar-refractivity contribution in [2.24, 2.45) is 0 Å². The molecule has 3 N–H and O–H groups in total. The highest BCUT2D eigenvalue weighted by Gasteiger charge is 2.14. The first-order chi connectivity index (χ1) is 6.43. The van der Waals surface area contributed by atoms with Crippen LogP contribution in [0.5, 0.6) is 0 Å². The van der Waals surface area contributed by atoms with Crippen LogP contribution in [-0.4, -0.2) is 24.8 Å². The lowest BCUT2D eigenvalue weighted by molar-refractivity contribution is 0.0694. The number of aryl methyl sites for hydroxylation is 1. The molecule has 1 heterocycles. The van der Waals surface area contributed by atoms with Gasteiger partial charge in [-0.2, -0.15) is 0 Å². The Kier molecular flexibility index (Phi) is 2.82. The van der Waals surface area contributed by atoms with Crippen molar-refractivity contribution in [2.45, 2.75) is 11.8 Å². The first kappa shape index (κ1) is 10.6. The second kappa shape index (κ2) is 3.72. The van der Waals surface area contributed by atoms with Gasteiger partial charge in [-0.15, -0.1) is 0 Å². The summed E-state index contributed by atoms with van der Waals surface area (Å²) >= 11 is -2.31. The number of H-pyrrole nitrogens is 1. The zero-order valence-corrected chi connectivity index (χ0v) is 7.92. The first-order valence-electron chi connectivity index (χ1n) is 3.51. The quantitative estimate of drug-likeness (QED) is 0.602. The molecule has 7 heteroatoms. The average molecular weight is 217 g/mol. The Bertz CT molecular complexity index is 464. The number of aromatic nitrogens is 1. The molecule has 14 heavy (non-hydrogen) atoms. The van der Waals surface area contributed by atoms with E-state index < -0.39 is 28.2 Å². The maximum absolute atomic E-state index is 11.0. The minimum atomic E-state index is -2.31. The molecule has 0 amide bonds. The van der Waals surface area contributed by atoms with E-state index in [-0.39, 0.29) is 10.6 Å². The Morgan fingerprint density at radius 3 is 2.57 bits per heavy atom. The topological polar surface area (TPSA) is 107 Å². The summed E-state index contributed by atoms with van der Waals surface area (Å²) in [6.07, 6.45) is 0. The van der Waals surface area contributed by atoms with Crippen LogP contribution in [-0.2, 0) is 11.1 Å². The van der Waals surface area contributed by atoms with Crippen molar-refractivity contribution in [1.82, 2.24) is 4.98 Å².